The molecule has 0 fully saturated rings. The van der Waals surface area contributed by atoms with E-state index in [1.807, 2.05) is 0 Å². The molecule has 0 saturated carbocycles. The standard InChI is InChI=1S/C11H18N2O3/c1-6-7-12-9(14)8(2)13(5)11(3,4)10(15)16/h1,8H,7H2,2-5H3,(H,12,14)(H,15,16). The lowest BCUT2D eigenvalue weighted by molar-refractivity contribution is -0.151. The van der Waals surface area contributed by atoms with Crippen LogP contribution in [-0.4, -0.2) is 47.1 Å². The summed E-state index contributed by atoms with van der Waals surface area (Å²) in [7, 11) is 1.59. The first-order valence-electron chi connectivity index (χ1n) is 4.92. The third-order valence-corrected chi connectivity index (χ3v) is 2.73. The van der Waals surface area contributed by atoms with E-state index in [2.05, 4.69) is 11.2 Å². The Bertz CT molecular complexity index is 318. The van der Waals surface area contributed by atoms with Gasteiger partial charge in [-0.2, -0.15) is 0 Å². The van der Waals surface area contributed by atoms with Gasteiger partial charge in [0.05, 0.1) is 12.6 Å². The molecule has 0 rings (SSSR count). The molecule has 1 amide bonds. The fourth-order valence-corrected chi connectivity index (χ4v) is 1.10. The van der Waals surface area contributed by atoms with Crippen LogP contribution in [-0.2, 0) is 9.59 Å². The van der Waals surface area contributed by atoms with Crippen LogP contribution >= 0.6 is 0 Å². The van der Waals surface area contributed by atoms with Crippen LogP contribution in [0.5, 0.6) is 0 Å². The molecule has 2 N–H and O–H groups in total. The van der Waals surface area contributed by atoms with Gasteiger partial charge in [0.1, 0.15) is 5.54 Å². The molecule has 0 aromatic heterocycles. The third kappa shape index (κ3) is 3.24. The Hall–Kier alpha value is -1.54. The molecule has 0 radical (unpaired) electrons. The Morgan fingerprint density at radius 2 is 2.06 bits per heavy atom. The first-order valence-corrected chi connectivity index (χ1v) is 4.92. The molecule has 0 spiro atoms. The number of hydrogen-bond donors (Lipinski definition) is 2. The molecule has 0 aliphatic rings. The van der Waals surface area contributed by atoms with E-state index < -0.39 is 17.6 Å². The predicted molar refractivity (Wildman–Crippen MR) is 60.8 cm³/mol. The van der Waals surface area contributed by atoms with E-state index in [0.717, 1.165) is 0 Å². The summed E-state index contributed by atoms with van der Waals surface area (Å²) < 4.78 is 0. The van der Waals surface area contributed by atoms with Crippen molar-refractivity contribution < 1.29 is 14.7 Å². The molecule has 0 aliphatic heterocycles. The van der Waals surface area contributed by atoms with Crippen LogP contribution in [0.4, 0.5) is 0 Å². The van der Waals surface area contributed by atoms with Gasteiger partial charge in [-0.3, -0.25) is 14.5 Å². The van der Waals surface area contributed by atoms with E-state index >= 15 is 0 Å². The summed E-state index contributed by atoms with van der Waals surface area (Å²) in [4.78, 5) is 24.1. The topological polar surface area (TPSA) is 69.6 Å². The monoisotopic (exact) mass is 226 g/mol. The highest BCUT2D eigenvalue weighted by Crippen LogP contribution is 2.15. The van der Waals surface area contributed by atoms with E-state index in [4.69, 9.17) is 11.5 Å². The van der Waals surface area contributed by atoms with Crippen LogP contribution in [0.1, 0.15) is 20.8 Å². The van der Waals surface area contributed by atoms with E-state index in [0.29, 0.717) is 0 Å². The third-order valence-electron chi connectivity index (χ3n) is 2.73. The lowest BCUT2D eigenvalue weighted by atomic mass is 10.0. The maximum Gasteiger partial charge on any atom is 0.323 e. The highest BCUT2D eigenvalue weighted by atomic mass is 16.4. The van der Waals surface area contributed by atoms with Crippen molar-refractivity contribution in [2.45, 2.75) is 32.4 Å². The maximum atomic E-state index is 11.6. The van der Waals surface area contributed by atoms with Crippen LogP contribution in [0.25, 0.3) is 0 Å². The molecule has 0 heterocycles. The number of hydrogen-bond acceptors (Lipinski definition) is 3. The number of carbonyl (C=O) groups is 2. The van der Waals surface area contributed by atoms with Crippen molar-refractivity contribution in [3.05, 3.63) is 0 Å². The first-order chi connectivity index (χ1) is 7.25. The number of nitrogens with zero attached hydrogens (tertiary/aromatic N) is 1. The van der Waals surface area contributed by atoms with Crippen molar-refractivity contribution in [1.82, 2.24) is 10.2 Å². The van der Waals surface area contributed by atoms with Gasteiger partial charge in [-0.15, -0.1) is 6.42 Å². The zero-order chi connectivity index (χ0) is 12.9. The summed E-state index contributed by atoms with van der Waals surface area (Å²) in [6.45, 7) is 4.86. The number of rotatable bonds is 5. The summed E-state index contributed by atoms with van der Waals surface area (Å²) in [5, 5.41) is 11.5. The molecule has 5 nitrogen and oxygen atoms in total. The number of carboxylic acid groups (broad SMARTS) is 1. The fraction of sp³-hybridized carbons (Fsp3) is 0.636. The Kier molecular flexibility index (Phi) is 4.99. The molecule has 0 bridgehead atoms. The number of carboxylic acids is 1. The fourth-order valence-electron chi connectivity index (χ4n) is 1.10. The van der Waals surface area contributed by atoms with Crippen molar-refractivity contribution in [3.8, 4) is 12.3 Å². The molecule has 0 aromatic rings. The summed E-state index contributed by atoms with van der Waals surface area (Å²) in [5.41, 5.74) is -1.10. The molecule has 0 saturated heterocycles. The molecule has 90 valence electrons. The molecule has 5 heteroatoms. The molecule has 16 heavy (non-hydrogen) atoms. The maximum absolute atomic E-state index is 11.6. The molecule has 1 unspecified atom stereocenters. The second-order valence-corrected chi connectivity index (χ2v) is 4.07. The zero-order valence-corrected chi connectivity index (χ0v) is 10.1. The van der Waals surface area contributed by atoms with Crippen molar-refractivity contribution >= 4 is 11.9 Å². The van der Waals surface area contributed by atoms with Crippen LogP contribution in [0.15, 0.2) is 0 Å². The molecule has 0 aliphatic carbocycles. The highest BCUT2D eigenvalue weighted by molar-refractivity contribution is 5.84. The second kappa shape index (κ2) is 5.52. The smallest absolute Gasteiger partial charge is 0.323 e. The first kappa shape index (κ1) is 14.5. The quantitative estimate of drug-likeness (QED) is 0.643. The van der Waals surface area contributed by atoms with E-state index in [1.165, 1.54) is 4.90 Å². The number of amides is 1. The molecule has 0 aromatic carbocycles. The Labute approximate surface area is 95.8 Å². The van der Waals surface area contributed by atoms with Crippen LogP contribution < -0.4 is 5.32 Å². The van der Waals surface area contributed by atoms with E-state index in [1.54, 1.807) is 27.8 Å². The Balaban J connectivity index is 4.62. The summed E-state index contributed by atoms with van der Waals surface area (Å²) in [5.74, 6) is 1.02. The largest absolute Gasteiger partial charge is 0.480 e. The van der Waals surface area contributed by atoms with Gasteiger partial charge >= 0.3 is 5.97 Å². The summed E-state index contributed by atoms with van der Waals surface area (Å²) in [6, 6.07) is -0.556. The van der Waals surface area contributed by atoms with Gasteiger partial charge in [-0.1, -0.05) is 5.92 Å². The average molecular weight is 226 g/mol. The van der Waals surface area contributed by atoms with Gasteiger partial charge < -0.3 is 10.4 Å². The van der Waals surface area contributed by atoms with E-state index in [9.17, 15) is 9.59 Å². The predicted octanol–water partition coefficient (Wildman–Crippen LogP) is -0.0807. The van der Waals surface area contributed by atoms with Crippen molar-refractivity contribution in [1.29, 1.82) is 0 Å². The Morgan fingerprint density at radius 3 is 2.44 bits per heavy atom. The minimum absolute atomic E-state index is 0.143. The lowest BCUT2D eigenvalue weighted by Gasteiger charge is -2.35. The van der Waals surface area contributed by atoms with Gasteiger partial charge in [-0.05, 0) is 27.8 Å². The van der Waals surface area contributed by atoms with Crippen LogP contribution in [0, 0.1) is 12.3 Å². The molecule has 1 atom stereocenters. The van der Waals surface area contributed by atoms with Crippen LogP contribution in [0.3, 0.4) is 0 Å². The van der Waals surface area contributed by atoms with Gasteiger partial charge in [0, 0.05) is 0 Å². The SMILES string of the molecule is C#CCNC(=O)C(C)N(C)C(C)(C)C(=O)O. The van der Waals surface area contributed by atoms with Gasteiger partial charge in [0.15, 0.2) is 0 Å². The summed E-state index contributed by atoms with van der Waals surface area (Å²) >= 11 is 0. The zero-order valence-electron chi connectivity index (χ0n) is 10.1. The minimum atomic E-state index is -1.10. The molecular weight excluding hydrogens is 208 g/mol. The minimum Gasteiger partial charge on any atom is -0.480 e. The normalized spacial score (nSPS) is 13.0. The van der Waals surface area contributed by atoms with Gasteiger partial charge in [-0.25, -0.2) is 0 Å². The van der Waals surface area contributed by atoms with Crippen molar-refractivity contribution in [2.75, 3.05) is 13.6 Å². The number of aliphatic carboxylic acids is 1. The number of terminal acetylenes is 1. The lowest BCUT2D eigenvalue weighted by Crippen LogP contribution is -2.56. The summed E-state index contributed by atoms with van der Waals surface area (Å²) in [6.07, 6.45) is 5.01. The Morgan fingerprint density at radius 1 is 1.56 bits per heavy atom. The van der Waals surface area contributed by atoms with Crippen molar-refractivity contribution in [3.63, 3.8) is 0 Å². The van der Waals surface area contributed by atoms with E-state index in [-0.39, 0.29) is 12.5 Å². The highest BCUT2D eigenvalue weighted by Gasteiger charge is 2.36. The number of nitrogens with one attached hydrogen (secondary N) is 1. The van der Waals surface area contributed by atoms with Crippen molar-refractivity contribution in [2.24, 2.45) is 0 Å². The number of likely N-dealkylation sites (N-methyl/N-ethyl adjacent to an activating group) is 1. The second-order valence-electron chi connectivity index (χ2n) is 4.07. The molecular formula is C11H18N2O3. The van der Waals surface area contributed by atoms with Gasteiger partial charge in [0.2, 0.25) is 5.91 Å². The average Bonchev–Trinajstić information content (AvgIpc) is 2.23. The van der Waals surface area contributed by atoms with Gasteiger partial charge in [0.25, 0.3) is 0 Å². The van der Waals surface area contributed by atoms with Crippen LogP contribution in [0.2, 0.25) is 0 Å². The number of carbonyl (C=O) groups excluding carboxylic acids is 1.